The number of rotatable bonds is 9. The van der Waals surface area contributed by atoms with Gasteiger partial charge in [-0.2, -0.15) is 0 Å². The van der Waals surface area contributed by atoms with E-state index >= 15 is 0 Å². The molecule has 0 aliphatic heterocycles. The van der Waals surface area contributed by atoms with Crippen LogP contribution < -0.4 is 15.3 Å². The molecule has 2 aliphatic carbocycles. The molecule has 0 amide bonds. The zero-order valence-corrected chi connectivity index (χ0v) is 19.8. The van der Waals surface area contributed by atoms with Crippen molar-refractivity contribution in [2.75, 3.05) is 13.9 Å². The molecule has 0 aromatic heterocycles. The van der Waals surface area contributed by atoms with Crippen LogP contribution in [0.25, 0.3) is 0 Å². The normalized spacial score (nSPS) is 19.6. The van der Waals surface area contributed by atoms with Crippen molar-refractivity contribution >= 4 is 19.2 Å². The summed E-state index contributed by atoms with van der Waals surface area (Å²) in [5.74, 6) is 0.472. The second-order valence-corrected chi connectivity index (χ2v) is 9.78. The van der Waals surface area contributed by atoms with Crippen LogP contribution in [0.4, 0.5) is 8.78 Å². The summed E-state index contributed by atoms with van der Waals surface area (Å²) in [5.41, 5.74) is 2.31. The van der Waals surface area contributed by atoms with Crippen molar-refractivity contribution in [2.24, 2.45) is 11.8 Å². The zero-order valence-electron chi connectivity index (χ0n) is 18.8. The Balaban J connectivity index is 1.72. The second kappa shape index (κ2) is 11.5. The Bertz CT molecular complexity index is 1090. The summed E-state index contributed by atoms with van der Waals surface area (Å²) in [6, 6.07) is 8.14. The lowest BCUT2D eigenvalue weighted by Gasteiger charge is -2.22. The number of ether oxygens (including phenoxy) is 2. The van der Waals surface area contributed by atoms with E-state index in [9.17, 15) is 8.78 Å². The van der Waals surface area contributed by atoms with Crippen LogP contribution >= 0.6 is 8.58 Å². The molecule has 4 rings (SSSR count). The quantitative estimate of drug-likeness (QED) is 0.337. The van der Waals surface area contributed by atoms with E-state index in [2.05, 4.69) is 60.7 Å². The molecule has 172 valence electrons. The van der Waals surface area contributed by atoms with Gasteiger partial charge < -0.3 is 9.47 Å². The largest absolute Gasteiger partial charge is 0.467 e. The van der Waals surface area contributed by atoms with Gasteiger partial charge in [0.05, 0.1) is 0 Å². The van der Waals surface area contributed by atoms with E-state index in [1.54, 1.807) is 7.11 Å². The fourth-order valence-electron chi connectivity index (χ4n) is 4.29. The van der Waals surface area contributed by atoms with Crippen LogP contribution in [0, 0.1) is 23.5 Å². The van der Waals surface area contributed by atoms with Crippen molar-refractivity contribution in [3.8, 4) is 5.75 Å². The number of benzene rings is 2. The highest BCUT2D eigenvalue weighted by molar-refractivity contribution is 7.55. The summed E-state index contributed by atoms with van der Waals surface area (Å²) < 4.78 is 39.3. The van der Waals surface area contributed by atoms with Gasteiger partial charge in [-0.15, -0.1) is 0 Å². The van der Waals surface area contributed by atoms with Crippen LogP contribution in [-0.2, 0) is 17.6 Å². The zero-order chi connectivity index (χ0) is 23.0. The summed E-state index contributed by atoms with van der Waals surface area (Å²) >= 11 is 0. The van der Waals surface area contributed by atoms with Gasteiger partial charge >= 0.3 is 0 Å². The fourth-order valence-corrected chi connectivity index (χ4v) is 5.55. The van der Waals surface area contributed by atoms with Gasteiger partial charge in [0.25, 0.3) is 0 Å². The molecule has 3 unspecified atom stereocenters. The van der Waals surface area contributed by atoms with E-state index in [1.807, 2.05) is 0 Å². The lowest BCUT2D eigenvalue weighted by Crippen LogP contribution is -2.17. The smallest absolute Gasteiger partial charge is 0.188 e. The molecule has 0 heterocycles. The van der Waals surface area contributed by atoms with E-state index in [4.69, 9.17) is 9.47 Å². The Labute approximate surface area is 196 Å². The molecule has 2 aromatic rings. The van der Waals surface area contributed by atoms with Crippen molar-refractivity contribution in [1.29, 1.82) is 0 Å². The third-order valence-corrected chi connectivity index (χ3v) is 7.18. The van der Waals surface area contributed by atoms with Crippen molar-refractivity contribution in [3.05, 3.63) is 102 Å². The van der Waals surface area contributed by atoms with Crippen molar-refractivity contribution in [1.82, 2.24) is 0 Å². The molecule has 0 bridgehead atoms. The second-order valence-electron chi connectivity index (χ2n) is 8.46. The predicted molar refractivity (Wildman–Crippen MR) is 133 cm³/mol. The highest BCUT2D eigenvalue weighted by Crippen LogP contribution is 2.31. The number of hydrogen-bond donors (Lipinski definition) is 0. The summed E-state index contributed by atoms with van der Waals surface area (Å²) in [6.07, 6.45) is 20.9. The van der Waals surface area contributed by atoms with Gasteiger partial charge in [-0.3, -0.25) is 0 Å². The molecule has 0 saturated carbocycles. The topological polar surface area (TPSA) is 18.5 Å². The maximum atomic E-state index is 14.5. The average molecular weight is 467 g/mol. The van der Waals surface area contributed by atoms with Gasteiger partial charge in [0.15, 0.2) is 6.79 Å². The first kappa shape index (κ1) is 23.6. The molecule has 0 fully saturated rings. The van der Waals surface area contributed by atoms with Crippen LogP contribution in [0.2, 0.25) is 0 Å². The van der Waals surface area contributed by atoms with Gasteiger partial charge in [0.1, 0.15) is 17.4 Å². The van der Waals surface area contributed by atoms with Gasteiger partial charge in [-0.25, -0.2) is 8.78 Å². The van der Waals surface area contributed by atoms with Crippen molar-refractivity contribution in [3.63, 3.8) is 0 Å². The Kier molecular flexibility index (Phi) is 8.25. The van der Waals surface area contributed by atoms with E-state index in [0.29, 0.717) is 17.1 Å². The Morgan fingerprint density at radius 1 is 0.879 bits per heavy atom. The predicted octanol–water partition coefficient (Wildman–Crippen LogP) is 5.93. The summed E-state index contributed by atoms with van der Waals surface area (Å²) in [6.45, 7) is 0.117. The van der Waals surface area contributed by atoms with Gasteiger partial charge in [0, 0.05) is 23.8 Å². The maximum Gasteiger partial charge on any atom is 0.188 e. The van der Waals surface area contributed by atoms with Crippen LogP contribution in [0.1, 0.15) is 24.0 Å². The standard InChI is InChI=1S/C28H29F2O2P/c1-31-19-32-28-23(15-21-10-6-3-7-11-21)16-22(14-20-8-4-2-5-9-20)17-27(28)33-26-13-12-24(29)18-25(26)30/h2-8,10,12-13,16-18,20-21,33H,9,11,14-15,19H2,1H3. The van der Waals surface area contributed by atoms with Crippen LogP contribution in [0.15, 0.2) is 78.9 Å². The lowest BCUT2D eigenvalue weighted by molar-refractivity contribution is 0.0511. The molecule has 33 heavy (non-hydrogen) atoms. The third kappa shape index (κ3) is 6.50. The first-order chi connectivity index (χ1) is 16.1. The van der Waals surface area contributed by atoms with Crippen molar-refractivity contribution in [2.45, 2.75) is 25.7 Å². The maximum absolute atomic E-state index is 14.5. The molecule has 2 aliphatic rings. The molecular formula is C28H29F2O2P. The minimum Gasteiger partial charge on any atom is -0.467 e. The molecule has 5 heteroatoms. The first-order valence-electron chi connectivity index (χ1n) is 11.3. The Hall–Kier alpha value is -2.55. The summed E-state index contributed by atoms with van der Waals surface area (Å²) in [7, 11) is 1.60. The first-order valence-corrected chi connectivity index (χ1v) is 12.3. The van der Waals surface area contributed by atoms with E-state index in [0.717, 1.165) is 48.4 Å². The lowest BCUT2D eigenvalue weighted by atomic mass is 9.89. The average Bonchev–Trinajstić information content (AvgIpc) is 2.82. The van der Waals surface area contributed by atoms with Crippen molar-refractivity contribution < 1.29 is 18.3 Å². The molecule has 0 spiro atoms. The molecule has 0 radical (unpaired) electrons. The Morgan fingerprint density at radius 2 is 1.61 bits per heavy atom. The van der Waals surface area contributed by atoms with E-state index in [1.165, 1.54) is 17.7 Å². The van der Waals surface area contributed by atoms with Gasteiger partial charge in [-0.05, 0) is 66.8 Å². The molecule has 0 N–H and O–H groups in total. The summed E-state index contributed by atoms with van der Waals surface area (Å²) in [5, 5.41) is 1.40. The summed E-state index contributed by atoms with van der Waals surface area (Å²) in [4.78, 5) is 0. The molecule has 0 saturated heterocycles. The minimum atomic E-state index is -0.569. The molecule has 3 atom stereocenters. The number of methoxy groups -OCH3 is 1. The highest BCUT2D eigenvalue weighted by Gasteiger charge is 2.19. The SMILES string of the molecule is COCOc1c(CC2C=CC=CC2)cc(CC2C=CC=CC2)cc1Pc1ccc(F)cc1F. The molecule has 2 nitrogen and oxygen atoms in total. The molecular weight excluding hydrogens is 437 g/mol. The van der Waals surface area contributed by atoms with Crippen LogP contribution in [0.3, 0.4) is 0 Å². The monoisotopic (exact) mass is 466 g/mol. The number of allylic oxidation sites excluding steroid dienone is 8. The number of halogens is 2. The Morgan fingerprint density at radius 3 is 2.24 bits per heavy atom. The minimum absolute atomic E-state index is 0.0129. The molecule has 2 aromatic carbocycles. The third-order valence-electron chi connectivity index (χ3n) is 5.87. The van der Waals surface area contributed by atoms with Gasteiger partial charge in [-0.1, -0.05) is 63.3 Å². The number of hydrogen-bond acceptors (Lipinski definition) is 2. The van der Waals surface area contributed by atoms with Crippen LogP contribution in [0.5, 0.6) is 5.75 Å². The highest BCUT2D eigenvalue weighted by atomic mass is 31.1. The van der Waals surface area contributed by atoms with Crippen LogP contribution in [-0.4, -0.2) is 13.9 Å². The van der Waals surface area contributed by atoms with Gasteiger partial charge in [0.2, 0.25) is 0 Å². The van der Waals surface area contributed by atoms with E-state index in [-0.39, 0.29) is 15.4 Å². The van der Waals surface area contributed by atoms with E-state index < -0.39 is 11.6 Å². The fraction of sp³-hybridized carbons (Fsp3) is 0.286.